The number of nitrogens with zero attached hydrogens (tertiary/aromatic N) is 2. The molecule has 0 bridgehead atoms. The number of halogens is 1. The van der Waals surface area contributed by atoms with E-state index in [9.17, 15) is 0 Å². The van der Waals surface area contributed by atoms with Crippen molar-refractivity contribution >= 4 is 26.8 Å². The summed E-state index contributed by atoms with van der Waals surface area (Å²) in [5, 5.41) is 6.20. The highest BCUT2D eigenvalue weighted by molar-refractivity contribution is 9.10. The first-order valence-corrected chi connectivity index (χ1v) is 8.39. The number of aromatic nitrogens is 2. The zero-order chi connectivity index (χ0) is 13.5. The van der Waals surface area contributed by atoms with E-state index in [-0.39, 0.29) is 6.23 Å². The number of rotatable bonds is 3. The topological polar surface area (TPSA) is 27.1 Å². The van der Waals surface area contributed by atoms with Crippen molar-refractivity contribution in [2.24, 2.45) is 5.92 Å². The van der Waals surface area contributed by atoms with Crippen molar-refractivity contribution in [2.45, 2.75) is 44.8 Å². The van der Waals surface area contributed by atoms with Crippen LogP contribution in [0.25, 0.3) is 10.9 Å². The molecule has 3 nitrogen and oxygen atoms in total. The van der Waals surface area contributed by atoms with E-state index in [1.54, 1.807) is 0 Å². The molecule has 1 atom stereocenters. The molecule has 1 unspecified atom stereocenters. The third-order valence-corrected chi connectivity index (χ3v) is 4.85. The van der Waals surface area contributed by atoms with Crippen molar-refractivity contribution in [3.05, 3.63) is 28.4 Å². The van der Waals surface area contributed by atoms with Crippen LogP contribution in [0.5, 0.6) is 0 Å². The van der Waals surface area contributed by atoms with Gasteiger partial charge in [0.05, 0.1) is 11.2 Å². The molecular weight excluding hydrogens is 316 g/mol. The van der Waals surface area contributed by atoms with E-state index in [1.165, 1.54) is 42.3 Å². The van der Waals surface area contributed by atoms with E-state index in [0.29, 0.717) is 0 Å². The van der Waals surface area contributed by atoms with Gasteiger partial charge in [-0.3, -0.25) is 0 Å². The molecule has 0 radical (unpaired) electrons. The lowest BCUT2D eigenvalue weighted by atomic mass is 10.1. The summed E-state index contributed by atoms with van der Waals surface area (Å²) in [6, 6.07) is 6.48. The molecule has 1 aromatic heterocycles. The lowest BCUT2D eigenvalue weighted by molar-refractivity contribution is -0.0369. The fourth-order valence-corrected chi connectivity index (χ4v) is 3.42. The van der Waals surface area contributed by atoms with Crippen molar-refractivity contribution < 1.29 is 4.74 Å². The first-order valence-electron chi connectivity index (χ1n) is 7.59. The highest BCUT2D eigenvalue weighted by Gasteiger charge is 2.26. The molecule has 1 aromatic carbocycles. The second-order valence-electron chi connectivity index (χ2n) is 6.02. The van der Waals surface area contributed by atoms with Gasteiger partial charge in [-0.05, 0) is 62.6 Å². The van der Waals surface area contributed by atoms with Crippen molar-refractivity contribution in [1.82, 2.24) is 9.78 Å². The van der Waals surface area contributed by atoms with Crippen LogP contribution in [0.15, 0.2) is 22.7 Å². The molecule has 4 heteroatoms. The summed E-state index contributed by atoms with van der Waals surface area (Å²) in [5.74, 6) is 0.854. The molecule has 1 saturated carbocycles. The first kappa shape index (κ1) is 12.8. The fourth-order valence-electron chi connectivity index (χ4n) is 3.06. The molecule has 2 aromatic rings. The molecule has 2 heterocycles. The van der Waals surface area contributed by atoms with Crippen LogP contribution in [0.1, 0.15) is 44.0 Å². The molecule has 0 N–H and O–H groups in total. The zero-order valence-electron chi connectivity index (χ0n) is 11.5. The van der Waals surface area contributed by atoms with Gasteiger partial charge in [0.15, 0.2) is 6.23 Å². The summed E-state index contributed by atoms with van der Waals surface area (Å²) >= 11 is 3.59. The van der Waals surface area contributed by atoms with E-state index in [0.717, 1.165) is 29.8 Å². The normalized spacial score (nSPS) is 23.4. The van der Waals surface area contributed by atoms with Crippen LogP contribution in [-0.4, -0.2) is 16.4 Å². The van der Waals surface area contributed by atoms with Crippen LogP contribution in [0.4, 0.5) is 0 Å². The summed E-state index contributed by atoms with van der Waals surface area (Å²) in [7, 11) is 0. The predicted molar refractivity (Wildman–Crippen MR) is 82.7 cm³/mol. The van der Waals surface area contributed by atoms with Gasteiger partial charge in [0, 0.05) is 16.5 Å². The maximum absolute atomic E-state index is 5.93. The molecule has 1 aliphatic heterocycles. The van der Waals surface area contributed by atoms with Crippen LogP contribution >= 0.6 is 15.9 Å². The largest absolute Gasteiger partial charge is 0.356 e. The first-order chi connectivity index (χ1) is 9.81. The van der Waals surface area contributed by atoms with E-state index < -0.39 is 0 Å². The molecular formula is C16H19BrN2O. The molecule has 0 amide bonds. The number of benzene rings is 1. The summed E-state index contributed by atoms with van der Waals surface area (Å²) < 4.78 is 9.18. The van der Waals surface area contributed by atoms with Gasteiger partial charge in [-0.15, -0.1) is 0 Å². The minimum atomic E-state index is 0.125. The van der Waals surface area contributed by atoms with Crippen LogP contribution in [-0.2, 0) is 11.2 Å². The molecule has 106 valence electrons. The average molecular weight is 335 g/mol. The third kappa shape index (κ3) is 2.40. The Morgan fingerprint density at radius 2 is 2.15 bits per heavy atom. The molecule has 2 fully saturated rings. The van der Waals surface area contributed by atoms with E-state index in [4.69, 9.17) is 9.84 Å². The average Bonchev–Trinajstić information content (AvgIpc) is 3.22. The van der Waals surface area contributed by atoms with Crippen molar-refractivity contribution in [3.63, 3.8) is 0 Å². The Bertz CT molecular complexity index is 627. The number of hydrogen-bond donors (Lipinski definition) is 0. The monoisotopic (exact) mass is 334 g/mol. The Kier molecular flexibility index (Phi) is 3.31. The number of ether oxygens (including phenoxy) is 1. The Morgan fingerprint density at radius 1 is 1.25 bits per heavy atom. The van der Waals surface area contributed by atoms with Crippen molar-refractivity contribution in [3.8, 4) is 0 Å². The van der Waals surface area contributed by atoms with Gasteiger partial charge in [-0.25, -0.2) is 4.68 Å². The second kappa shape index (κ2) is 5.15. The summed E-state index contributed by atoms with van der Waals surface area (Å²) in [6.45, 7) is 0.862. The number of hydrogen-bond acceptors (Lipinski definition) is 2. The Balaban J connectivity index is 1.78. The lowest BCUT2D eigenvalue weighted by Crippen LogP contribution is -2.19. The van der Waals surface area contributed by atoms with Crippen LogP contribution < -0.4 is 0 Å². The van der Waals surface area contributed by atoms with Gasteiger partial charge in [0.1, 0.15) is 0 Å². The molecule has 1 aliphatic carbocycles. The van der Waals surface area contributed by atoms with E-state index >= 15 is 0 Å². The second-order valence-corrected chi connectivity index (χ2v) is 6.94. The van der Waals surface area contributed by atoms with Crippen molar-refractivity contribution in [2.75, 3.05) is 6.61 Å². The number of fused-ring (bicyclic) bond motifs is 1. The third-order valence-electron chi connectivity index (χ3n) is 4.35. The fraction of sp³-hybridized carbons (Fsp3) is 0.562. The van der Waals surface area contributed by atoms with Crippen LogP contribution in [0.2, 0.25) is 0 Å². The Labute approximate surface area is 127 Å². The van der Waals surface area contributed by atoms with Gasteiger partial charge >= 0.3 is 0 Å². The van der Waals surface area contributed by atoms with Gasteiger partial charge in [0.2, 0.25) is 0 Å². The SMILES string of the molecule is Brc1ccc2c(c1)c(CC1CC1)nn2C1CCCCO1. The summed E-state index contributed by atoms with van der Waals surface area (Å²) in [5.41, 5.74) is 2.47. The van der Waals surface area contributed by atoms with Gasteiger partial charge in [-0.2, -0.15) is 5.10 Å². The zero-order valence-corrected chi connectivity index (χ0v) is 13.1. The standard InChI is InChI=1S/C16H19BrN2O/c17-12-6-7-15-13(10-12)14(9-11-4-5-11)18-19(15)16-3-1-2-8-20-16/h6-7,10-11,16H,1-5,8-9H2. The highest BCUT2D eigenvalue weighted by Crippen LogP contribution is 2.36. The molecule has 20 heavy (non-hydrogen) atoms. The molecule has 1 saturated heterocycles. The molecule has 2 aliphatic rings. The minimum absolute atomic E-state index is 0.125. The summed E-state index contributed by atoms with van der Waals surface area (Å²) in [4.78, 5) is 0. The maximum Gasteiger partial charge on any atom is 0.150 e. The minimum Gasteiger partial charge on any atom is -0.356 e. The highest BCUT2D eigenvalue weighted by atomic mass is 79.9. The van der Waals surface area contributed by atoms with Gasteiger partial charge in [0.25, 0.3) is 0 Å². The van der Waals surface area contributed by atoms with Gasteiger partial charge in [-0.1, -0.05) is 15.9 Å². The van der Waals surface area contributed by atoms with Crippen LogP contribution in [0.3, 0.4) is 0 Å². The van der Waals surface area contributed by atoms with Crippen molar-refractivity contribution in [1.29, 1.82) is 0 Å². The maximum atomic E-state index is 5.93. The quantitative estimate of drug-likeness (QED) is 0.829. The Morgan fingerprint density at radius 3 is 2.90 bits per heavy atom. The molecule has 0 spiro atoms. The summed E-state index contributed by atoms with van der Waals surface area (Å²) in [6.07, 6.45) is 7.46. The van der Waals surface area contributed by atoms with Gasteiger partial charge < -0.3 is 4.74 Å². The predicted octanol–water partition coefficient (Wildman–Crippen LogP) is 4.45. The van der Waals surface area contributed by atoms with Crippen LogP contribution in [0, 0.1) is 5.92 Å². The van der Waals surface area contributed by atoms with E-state index in [2.05, 4.69) is 38.8 Å². The Hall–Kier alpha value is -0.870. The smallest absolute Gasteiger partial charge is 0.150 e. The van der Waals surface area contributed by atoms with E-state index in [1.807, 2.05) is 0 Å². The molecule has 4 rings (SSSR count). The lowest BCUT2D eigenvalue weighted by Gasteiger charge is -2.23.